The molecule has 2 aliphatic carbocycles. The second-order valence-electron chi connectivity index (χ2n) is 11.9. The summed E-state index contributed by atoms with van der Waals surface area (Å²) in [5.74, 6) is -3.22. The maximum Gasteiger partial charge on any atom is 0.305 e. The van der Waals surface area contributed by atoms with Gasteiger partial charge in [-0.3, -0.25) is 28.9 Å². The third kappa shape index (κ3) is 5.16. The van der Waals surface area contributed by atoms with E-state index in [9.17, 15) is 33.5 Å². The predicted molar refractivity (Wildman–Crippen MR) is 166 cm³/mol. The van der Waals surface area contributed by atoms with Crippen molar-refractivity contribution in [2.45, 2.75) is 36.0 Å². The topological polar surface area (TPSA) is 155 Å². The van der Waals surface area contributed by atoms with Gasteiger partial charge in [0.2, 0.25) is 11.8 Å². The quantitative estimate of drug-likeness (QED) is 0.273. The van der Waals surface area contributed by atoms with E-state index in [1.54, 1.807) is 17.8 Å². The first-order chi connectivity index (χ1) is 22.1. The highest BCUT2D eigenvalue weighted by molar-refractivity contribution is 8.00. The summed E-state index contributed by atoms with van der Waals surface area (Å²) in [7, 11) is 0. The molecule has 3 N–H and O–H groups in total. The number of hydrogen-bond acceptors (Lipinski definition) is 9. The number of nitrogens with zero attached hydrogens (tertiary/aromatic N) is 1. The summed E-state index contributed by atoms with van der Waals surface area (Å²) in [6.07, 6.45) is 0.414. The van der Waals surface area contributed by atoms with E-state index in [1.807, 2.05) is 19.1 Å². The zero-order valence-corrected chi connectivity index (χ0v) is 26.2. The number of hydrogen-bond donors (Lipinski definition) is 3. The Labute approximate surface area is 270 Å². The number of imide groups is 1. The third-order valence-electron chi connectivity index (χ3n) is 9.48. The molecule has 11 nitrogen and oxygen atoms in total. The van der Waals surface area contributed by atoms with Gasteiger partial charge >= 0.3 is 10.8 Å². The second-order valence-corrected chi connectivity index (χ2v) is 14.1. The van der Waals surface area contributed by atoms with Crippen LogP contribution in [0.4, 0.5) is 10.1 Å². The molecular weight excluding hydrogens is 637 g/mol. The summed E-state index contributed by atoms with van der Waals surface area (Å²) >= 11 is 2.71. The lowest BCUT2D eigenvalue weighted by Gasteiger charge is -2.43. The monoisotopic (exact) mass is 667 g/mol. The zero-order chi connectivity index (χ0) is 32.3. The molecule has 3 amide bonds. The molecule has 0 radical (unpaired) electrons. The number of aromatic nitrogens is 1. The van der Waals surface area contributed by atoms with Crippen LogP contribution < -0.4 is 19.7 Å². The summed E-state index contributed by atoms with van der Waals surface area (Å²) in [6, 6.07) is 10.9. The number of H-pyrrole nitrogens is 1. The van der Waals surface area contributed by atoms with E-state index in [0.717, 1.165) is 31.7 Å². The fourth-order valence-corrected chi connectivity index (χ4v) is 10.7. The number of carboxylic acids is 1. The van der Waals surface area contributed by atoms with Crippen molar-refractivity contribution >= 4 is 52.5 Å². The van der Waals surface area contributed by atoms with E-state index < -0.39 is 29.5 Å². The standard InChI is InChI=1S/C32H30FN3O8S2/c1-2-43-20-11-14(3-8-19(20)44-13-21(37)34-16-6-4-15(33)5-7-16)23-24-17-12-18(27(24)45-29-28(23)46-32(42)35-29)26-25(17)30(40)36(31(26)41)10-9-22(38)39/h3-8,11,17-18,23-27H,2,9-10,12-13H2,1H3,(H,34,37)(H,35,42)(H,38,39)/t17?,18?,23-,24?,25?,26?,27?/m1/s1. The largest absolute Gasteiger partial charge is 0.490 e. The smallest absolute Gasteiger partial charge is 0.305 e. The van der Waals surface area contributed by atoms with Gasteiger partial charge in [0.1, 0.15) is 5.82 Å². The van der Waals surface area contributed by atoms with Crippen LogP contribution in [0.2, 0.25) is 0 Å². The number of aromatic amines is 1. The molecular formula is C32H30FN3O8S2. The van der Waals surface area contributed by atoms with Crippen molar-refractivity contribution < 1.29 is 38.1 Å². The third-order valence-corrected chi connectivity index (χ3v) is 12.1. The number of rotatable bonds is 10. The molecule has 1 aromatic heterocycles. The van der Waals surface area contributed by atoms with Crippen molar-refractivity contribution in [1.29, 1.82) is 0 Å². The fourth-order valence-electron chi connectivity index (χ4n) is 7.86. The van der Waals surface area contributed by atoms with Crippen LogP contribution >= 0.6 is 23.1 Å². The van der Waals surface area contributed by atoms with Gasteiger partial charge in [-0.25, -0.2) is 4.39 Å². The van der Waals surface area contributed by atoms with Crippen LogP contribution in [0.5, 0.6) is 11.5 Å². The average molecular weight is 668 g/mol. The van der Waals surface area contributed by atoms with Gasteiger partial charge in [0.05, 0.1) is 29.9 Å². The van der Waals surface area contributed by atoms with Gasteiger partial charge in [0, 0.05) is 28.3 Å². The molecule has 14 heteroatoms. The van der Waals surface area contributed by atoms with Crippen molar-refractivity contribution in [2.75, 3.05) is 25.1 Å². The van der Waals surface area contributed by atoms with Crippen LogP contribution in [0.1, 0.15) is 36.1 Å². The molecule has 4 aliphatic rings. The minimum absolute atomic E-state index is 0.0215. The summed E-state index contributed by atoms with van der Waals surface area (Å²) in [5, 5.41) is 12.6. The van der Waals surface area contributed by atoms with E-state index in [0.29, 0.717) is 30.2 Å². The Kier molecular flexibility index (Phi) is 7.87. The van der Waals surface area contributed by atoms with Crippen LogP contribution in [0.25, 0.3) is 0 Å². The number of ether oxygens (including phenoxy) is 2. The molecule has 3 aromatic rings. The average Bonchev–Trinajstić information content (AvgIpc) is 3.75. The molecule has 6 unspecified atom stereocenters. The first kappa shape index (κ1) is 30.5. The number of thiazole rings is 1. The fraction of sp³-hybridized carbons (Fsp3) is 0.406. The highest BCUT2D eigenvalue weighted by Gasteiger charge is 2.69. The molecule has 3 fully saturated rings. The van der Waals surface area contributed by atoms with Gasteiger partial charge in [-0.1, -0.05) is 17.4 Å². The summed E-state index contributed by atoms with van der Waals surface area (Å²) in [4.78, 5) is 68.2. The van der Waals surface area contributed by atoms with Gasteiger partial charge in [-0.2, -0.15) is 0 Å². The van der Waals surface area contributed by atoms with Gasteiger partial charge in [0.15, 0.2) is 18.1 Å². The Bertz CT molecular complexity index is 1790. The lowest BCUT2D eigenvalue weighted by atomic mass is 9.68. The number of thioether (sulfide) groups is 1. The number of fused-ring (bicyclic) bond motifs is 9. The normalized spacial score (nSPS) is 27.3. The van der Waals surface area contributed by atoms with Crippen molar-refractivity contribution in [3.63, 3.8) is 0 Å². The molecule has 0 spiro atoms. The van der Waals surface area contributed by atoms with Gasteiger partial charge in [0.25, 0.3) is 5.91 Å². The number of nitrogens with one attached hydrogen (secondary N) is 2. The summed E-state index contributed by atoms with van der Waals surface area (Å²) in [6.45, 7) is 1.71. The van der Waals surface area contributed by atoms with Crippen LogP contribution in [0.15, 0.2) is 52.3 Å². The van der Waals surface area contributed by atoms with Gasteiger partial charge < -0.3 is 24.9 Å². The Morgan fingerprint density at radius 2 is 1.78 bits per heavy atom. The highest BCUT2D eigenvalue weighted by Crippen LogP contribution is 2.68. The SMILES string of the molecule is CCOc1cc([C@H]2c3sc(=O)[nH]c3SC3C4CC(C5C(=O)N(CCC(=O)O)C(=O)C45)C32)ccc1OCC(=O)Nc1ccc(F)cc1. The van der Waals surface area contributed by atoms with Crippen LogP contribution in [-0.2, 0) is 19.2 Å². The van der Waals surface area contributed by atoms with E-state index in [1.165, 1.54) is 24.3 Å². The van der Waals surface area contributed by atoms with E-state index in [2.05, 4.69) is 10.3 Å². The van der Waals surface area contributed by atoms with Crippen molar-refractivity contribution in [3.05, 3.63) is 68.4 Å². The number of benzene rings is 2. The lowest BCUT2D eigenvalue weighted by molar-refractivity contribution is -0.142. The maximum absolute atomic E-state index is 13.6. The second kappa shape index (κ2) is 11.9. The van der Waals surface area contributed by atoms with Gasteiger partial charge in [-0.05, 0) is 73.1 Å². The molecule has 2 saturated carbocycles. The number of anilines is 1. The molecule has 240 valence electrons. The van der Waals surface area contributed by atoms with Crippen LogP contribution in [0, 0.1) is 35.4 Å². The van der Waals surface area contributed by atoms with Crippen molar-refractivity contribution in [2.24, 2.45) is 29.6 Å². The predicted octanol–water partition coefficient (Wildman–Crippen LogP) is 3.94. The number of carboxylic acid groups (broad SMARTS) is 1. The van der Waals surface area contributed by atoms with Crippen LogP contribution in [-0.4, -0.2) is 63.7 Å². The Balaban J connectivity index is 1.17. The number of halogens is 1. The Hall–Kier alpha value is -4.17. The number of carbonyl (C=O) groups is 4. The number of aliphatic carboxylic acids is 1. The Morgan fingerprint density at radius 3 is 2.50 bits per heavy atom. The summed E-state index contributed by atoms with van der Waals surface area (Å²) < 4.78 is 25.0. The molecule has 7 atom stereocenters. The molecule has 1 saturated heterocycles. The van der Waals surface area contributed by atoms with Crippen LogP contribution in [0.3, 0.4) is 0 Å². The van der Waals surface area contributed by atoms with Crippen molar-refractivity contribution in [3.8, 4) is 11.5 Å². The van der Waals surface area contributed by atoms with E-state index >= 15 is 0 Å². The summed E-state index contributed by atoms with van der Waals surface area (Å²) in [5.41, 5.74) is 1.30. The lowest BCUT2D eigenvalue weighted by Crippen LogP contribution is -2.42. The van der Waals surface area contributed by atoms with Gasteiger partial charge in [-0.15, -0.1) is 11.8 Å². The van der Waals surface area contributed by atoms with E-state index in [4.69, 9.17) is 9.47 Å². The van der Waals surface area contributed by atoms with E-state index in [-0.39, 0.29) is 65.2 Å². The number of likely N-dealkylation sites (tertiary alicyclic amines) is 1. The first-order valence-electron chi connectivity index (χ1n) is 15.1. The first-order valence-corrected chi connectivity index (χ1v) is 16.8. The Morgan fingerprint density at radius 1 is 1.04 bits per heavy atom. The molecule has 2 bridgehead atoms. The minimum atomic E-state index is -1.07. The molecule has 2 aliphatic heterocycles. The molecule has 2 aromatic carbocycles. The number of amides is 3. The molecule has 7 rings (SSSR count). The zero-order valence-electron chi connectivity index (χ0n) is 24.6. The molecule has 46 heavy (non-hydrogen) atoms. The molecule has 3 heterocycles. The number of carbonyl (C=O) groups excluding carboxylic acids is 3. The minimum Gasteiger partial charge on any atom is -0.490 e. The highest BCUT2D eigenvalue weighted by atomic mass is 32.2. The van der Waals surface area contributed by atoms with Crippen molar-refractivity contribution in [1.82, 2.24) is 9.88 Å². The maximum atomic E-state index is 13.6.